The summed E-state index contributed by atoms with van der Waals surface area (Å²) in [6.07, 6.45) is 2.22. The number of fused-ring (bicyclic) bond motifs is 1. The van der Waals surface area contributed by atoms with Crippen LogP contribution in [0.25, 0.3) is 11.3 Å². The van der Waals surface area contributed by atoms with Gasteiger partial charge in [-0.3, -0.25) is 9.59 Å². The minimum Gasteiger partial charge on any atom is -0.459 e. The molecule has 7 nitrogen and oxygen atoms in total. The fourth-order valence-electron chi connectivity index (χ4n) is 3.52. The average molecular weight is 399 g/mol. The molecule has 148 valence electrons. The Bertz CT molecular complexity index is 1210. The largest absolute Gasteiger partial charge is 0.459 e. The molecule has 1 aliphatic rings. The number of benzene rings is 2. The molecule has 3 heterocycles. The Morgan fingerprint density at radius 2 is 1.87 bits per heavy atom. The van der Waals surface area contributed by atoms with E-state index in [1.54, 1.807) is 29.2 Å². The molecule has 0 saturated carbocycles. The zero-order chi connectivity index (χ0) is 20.5. The highest BCUT2D eigenvalue weighted by Gasteiger charge is 2.27. The van der Waals surface area contributed by atoms with E-state index in [0.29, 0.717) is 18.0 Å². The van der Waals surface area contributed by atoms with E-state index in [2.05, 4.69) is 10.5 Å². The predicted octanol–water partition coefficient (Wildman–Crippen LogP) is 4.39. The number of aromatic nitrogens is 1. The summed E-state index contributed by atoms with van der Waals surface area (Å²) < 4.78 is 10.5. The predicted molar refractivity (Wildman–Crippen MR) is 110 cm³/mol. The van der Waals surface area contributed by atoms with Gasteiger partial charge in [-0.1, -0.05) is 41.6 Å². The highest BCUT2D eigenvalue weighted by molar-refractivity contribution is 6.07. The molecule has 5 rings (SSSR count). The van der Waals surface area contributed by atoms with Gasteiger partial charge in [-0.25, -0.2) is 0 Å². The second-order valence-corrected chi connectivity index (χ2v) is 6.92. The van der Waals surface area contributed by atoms with Crippen molar-refractivity contribution in [2.24, 2.45) is 0 Å². The van der Waals surface area contributed by atoms with Gasteiger partial charge in [0, 0.05) is 29.5 Å². The first-order valence-corrected chi connectivity index (χ1v) is 9.51. The Morgan fingerprint density at radius 1 is 1.00 bits per heavy atom. The van der Waals surface area contributed by atoms with Crippen LogP contribution < -0.4 is 10.2 Å². The topological polar surface area (TPSA) is 88.6 Å². The molecule has 1 aliphatic heterocycles. The fourth-order valence-corrected chi connectivity index (χ4v) is 3.52. The number of hydrogen-bond acceptors (Lipinski definition) is 5. The SMILES string of the molecule is O=C(Nc1ccc2c(c1)N(C(=O)c1ccco1)CC2)c1cc(-c2ccccc2)on1. The number of amides is 2. The molecule has 0 fully saturated rings. The molecule has 2 aromatic carbocycles. The molecule has 0 bridgehead atoms. The maximum atomic E-state index is 12.7. The van der Waals surface area contributed by atoms with Crippen molar-refractivity contribution in [1.82, 2.24) is 5.16 Å². The summed E-state index contributed by atoms with van der Waals surface area (Å²) >= 11 is 0. The molecule has 0 spiro atoms. The van der Waals surface area contributed by atoms with Gasteiger partial charge in [-0.15, -0.1) is 0 Å². The number of hydrogen-bond donors (Lipinski definition) is 1. The van der Waals surface area contributed by atoms with Gasteiger partial charge in [0.15, 0.2) is 17.2 Å². The van der Waals surface area contributed by atoms with E-state index in [1.165, 1.54) is 6.26 Å². The van der Waals surface area contributed by atoms with Crippen LogP contribution in [0.2, 0.25) is 0 Å². The zero-order valence-electron chi connectivity index (χ0n) is 15.9. The van der Waals surface area contributed by atoms with Crippen molar-refractivity contribution in [3.8, 4) is 11.3 Å². The molecule has 4 aromatic rings. The molecule has 2 aromatic heterocycles. The number of rotatable bonds is 4. The number of anilines is 2. The van der Waals surface area contributed by atoms with Crippen LogP contribution in [0.1, 0.15) is 26.6 Å². The van der Waals surface area contributed by atoms with Gasteiger partial charge in [0.2, 0.25) is 0 Å². The van der Waals surface area contributed by atoms with E-state index in [9.17, 15) is 9.59 Å². The van der Waals surface area contributed by atoms with Crippen LogP contribution in [-0.2, 0) is 6.42 Å². The maximum absolute atomic E-state index is 12.7. The molecule has 0 saturated heterocycles. The number of nitrogens with zero attached hydrogens (tertiary/aromatic N) is 2. The van der Waals surface area contributed by atoms with Crippen LogP contribution in [0.4, 0.5) is 11.4 Å². The van der Waals surface area contributed by atoms with E-state index in [4.69, 9.17) is 8.94 Å². The van der Waals surface area contributed by atoms with Crippen molar-refractivity contribution in [3.05, 3.63) is 90.0 Å². The van der Waals surface area contributed by atoms with Crippen LogP contribution in [0.3, 0.4) is 0 Å². The van der Waals surface area contributed by atoms with E-state index >= 15 is 0 Å². The summed E-state index contributed by atoms with van der Waals surface area (Å²) in [6.45, 7) is 0.565. The Morgan fingerprint density at radius 3 is 2.67 bits per heavy atom. The Balaban J connectivity index is 1.35. The lowest BCUT2D eigenvalue weighted by Gasteiger charge is -2.16. The standard InChI is InChI=1S/C23H17N3O4/c27-22(18-14-21(30-25-18)16-5-2-1-3-6-16)24-17-9-8-15-10-11-26(19(15)13-17)23(28)20-7-4-12-29-20/h1-9,12-14H,10-11H2,(H,24,27). The third-order valence-corrected chi connectivity index (χ3v) is 5.02. The van der Waals surface area contributed by atoms with E-state index in [0.717, 1.165) is 23.2 Å². The minimum absolute atomic E-state index is 0.179. The van der Waals surface area contributed by atoms with Crippen LogP contribution in [0.15, 0.2) is 81.9 Å². The lowest BCUT2D eigenvalue weighted by atomic mass is 10.1. The van der Waals surface area contributed by atoms with Gasteiger partial charge in [-0.05, 0) is 36.2 Å². The second-order valence-electron chi connectivity index (χ2n) is 6.92. The normalized spacial score (nSPS) is 12.6. The third kappa shape index (κ3) is 3.26. The van der Waals surface area contributed by atoms with E-state index < -0.39 is 0 Å². The number of carbonyl (C=O) groups is 2. The van der Waals surface area contributed by atoms with Crippen molar-refractivity contribution in [2.45, 2.75) is 6.42 Å². The smallest absolute Gasteiger partial charge is 0.293 e. The Hall–Kier alpha value is -4.13. The van der Waals surface area contributed by atoms with Gasteiger partial charge in [0.25, 0.3) is 11.8 Å². The lowest BCUT2D eigenvalue weighted by Crippen LogP contribution is -2.28. The van der Waals surface area contributed by atoms with Gasteiger partial charge >= 0.3 is 0 Å². The van der Waals surface area contributed by atoms with Crippen LogP contribution in [0, 0.1) is 0 Å². The Kier molecular flexibility index (Phi) is 4.40. The molecule has 2 amide bonds. The zero-order valence-corrected chi connectivity index (χ0v) is 15.9. The fraction of sp³-hybridized carbons (Fsp3) is 0.0870. The van der Waals surface area contributed by atoms with Crippen molar-refractivity contribution in [3.63, 3.8) is 0 Å². The van der Waals surface area contributed by atoms with Gasteiger partial charge in [0.1, 0.15) is 0 Å². The van der Waals surface area contributed by atoms with Crippen molar-refractivity contribution >= 4 is 23.2 Å². The van der Waals surface area contributed by atoms with E-state index in [-0.39, 0.29) is 23.3 Å². The molecule has 7 heteroatoms. The third-order valence-electron chi connectivity index (χ3n) is 5.02. The first-order chi connectivity index (χ1) is 14.7. The van der Waals surface area contributed by atoms with Crippen molar-refractivity contribution in [1.29, 1.82) is 0 Å². The summed E-state index contributed by atoms with van der Waals surface area (Å²) in [7, 11) is 0. The quantitative estimate of drug-likeness (QED) is 0.550. The van der Waals surface area contributed by atoms with E-state index in [1.807, 2.05) is 42.5 Å². The molecule has 0 aliphatic carbocycles. The van der Waals surface area contributed by atoms with Crippen molar-refractivity contribution < 1.29 is 18.5 Å². The monoisotopic (exact) mass is 399 g/mol. The van der Waals surface area contributed by atoms with Gasteiger partial charge in [0.05, 0.1) is 6.26 Å². The maximum Gasteiger partial charge on any atom is 0.293 e. The number of nitrogens with one attached hydrogen (secondary N) is 1. The number of furan rings is 1. The average Bonchev–Trinajstić information content (AvgIpc) is 3.54. The summed E-state index contributed by atoms with van der Waals surface area (Å²) in [6, 6.07) is 19.9. The minimum atomic E-state index is -0.386. The highest BCUT2D eigenvalue weighted by atomic mass is 16.5. The molecule has 0 atom stereocenters. The van der Waals surface area contributed by atoms with Gasteiger partial charge < -0.3 is 19.2 Å². The van der Waals surface area contributed by atoms with Crippen LogP contribution in [0.5, 0.6) is 0 Å². The molecular weight excluding hydrogens is 382 g/mol. The molecule has 30 heavy (non-hydrogen) atoms. The highest BCUT2D eigenvalue weighted by Crippen LogP contribution is 2.32. The second kappa shape index (κ2) is 7.36. The molecule has 0 radical (unpaired) electrons. The summed E-state index contributed by atoms with van der Waals surface area (Å²) in [5.74, 6) is 0.215. The first kappa shape index (κ1) is 17.9. The van der Waals surface area contributed by atoms with Crippen LogP contribution >= 0.6 is 0 Å². The number of carbonyl (C=O) groups excluding carboxylic acids is 2. The Labute approximate surface area is 171 Å². The lowest BCUT2D eigenvalue weighted by molar-refractivity contribution is 0.0962. The summed E-state index contributed by atoms with van der Waals surface area (Å²) in [5, 5.41) is 6.70. The van der Waals surface area contributed by atoms with Crippen molar-refractivity contribution in [2.75, 3.05) is 16.8 Å². The summed E-state index contributed by atoms with van der Waals surface area (Å²) in [4.78, 5) is 27.0. The first-order valence-electron chi connectivity index (χ1n) is 9.51. The molecular formula is C23H17N3O4. The van der Waals surface area contributed by atoms with Gasteiger partial charge in [-0.2, -0.15) is 0 Å². The molecule has 1 N–H and O–H groups in total. The molecule has 0 unspecified atom stereocenters. The summed E-state index contributed by atoms with van der Waals surface area (Å²) in [5.41, 5.74) is 3.40. The van der Waals surface area contributed by atoms with Crippen LogP contribution in [-0.4, -0.2) is 23.5 Å².